The van der Waals surface area contributed by atoms with Crippen LogP contribution in [-0.4, -0.2) is 75.6 Å². The van der Waals surface area contributed by atoms with E-state index in [1.807, 2.05) is 21.1 Å². The first-order valence-electron chi connectivity index (χ1n) is 23.1. The molecule has 0 heterocycles. The van der Waals surface area contributed by atoms with E-state index in [1.165, 1.54) is 148 Å². The number of hydrogen-bond acceptors (Lipinski definition) is 6. The molecular formula is C46H91NO7P+. The molecule has 0 aliphatic heterocycles. The monoisotopic (exact) mass is 801 g/mol. The first-order chi connectivity index (χ1) is 26.6. The van der Waals surface area contributed by atoms with E-state index < -0.39 is 13.9 Å². The third-order valence-corrected chi connectivity index (χ3v) is 11.0. The van der Waals surface area contributed by atoms with Gasteiger partial charge in [0.25, 0.3) is 0 Å². The third-order valence-electron chi connectivity index (χ3n) is 10.0. The highest BCUT2D eigenvalue weighted by atomic mass is 31.2. The first-order valence-corrected chi connectivity index (χ1v) is 24.6. The van der Waals surface area contributed by atoms with Gasteiger partial charge in [0, 0.05) is 13.0 Å². The van der Waals surface area contributed by atoms with E-state index in [-0.39, 0.29) is 25.8 Å². The smallest absolute Gasteiger partial charge is 0.457 e. The Morgan fingerprint density at radius 2 is 1.00 bits per heavy atom. The number of phosphoric ester groups is 1. The summed E-state index contributed by atoms with van der Waals surface area (Å²) >= 11 is 0. The molecule has 0 rings (SSSR count). The molecule has 9 heteroatoms. The van der Waals surface area contributed by atoms with Gasteiger partial charge in [-0.2, -0.15) is 0 Å². The Morgan fingerprint density at radius 1 is 0.564 bits per heavy atom. The first kappa shape index (κ1) is 54.0. The molecule has 0 fully saturated rings. The van der Waals surface area contributed by atoms with Crippen molar-refractivity contribution in [2.24, 2.45) is 0 Å². The lowest BCUT2D eigenvalue weighted by atomic mass is 10.0. The second-order valence-corrected chi connectivity index (χ2v) is 18.2. The minimum Gasteiger partial charge on any atom is -0.457 e. The van der Waals surface area contributed by atoms with Crippen LogP contribution in [0.3, 0.4) is 0 Å². The van der Waals surface area contributed by atoms with Crippen molar-refractivity contribution in [3.63, 3.8) is 0 Å². The normalized spacial score (nSPS) is 13.9. The molecule has 326 valence electrons. The number of unbranched alkanes of at least 4 members (excludes halogenated alkanes) is 25. The van der Waals surface area contributed by atoms with E-state index in [2.05, 4.69) is 38.2 Å². The largest absolute Gasteiger partial charge is 0.472 e. The molecule has 2 unspecified atom stereocenters. The zero-order chi connectivity index (χ0) is 40.6. The van der Waals surface area contributed by atoms with Crippen molar-refractivity contribution < 1.29 is 37.3 Å². The SMILES string of the molecule is CCCCC/C=C\C/C=C\CCCCCCCCCCCCOCC(COP(=O)(O)OCC[N+](C)(C)C)OC(=O)CCCCCCCCCCCCCCC. The predicted molar refractivity (Wildman–Crippen MR) is 233 cm³/mol. The highest BCUT2D eigenvalue weighted by Crippen LogP contribution is 2.43. The van der Waals surface area contributed by atoms with Crippen molar-refractivity contribution >= 4 is 13.8 Å². The summed E-state index contributed by atoms with van der Waals surface area (Å²) in [5.74, 6) is -0.313. The second-order valence-electron chi connectivity index (χ2n) is 16.8. The molecule has 0 aromatic carbocycles. The summed E-state index contributed by atoms with van der Waals surface area (Å²) in [5, 5.41) is 0. The summed E-state index contributed by atoms with van der Waals surface area (Å²) in [6.07, 6.45) is 44.9. The zero-order valence-electron chi connectivity index (χ0n) is 36.9. The van der Waals surface area contributed by atoms with Gasteiger partial charge in [0.1, 0.15) is 19.3 Å². The Labute approximate surface area is 341 Å². The van der Waals surface area contributed by atoms with Crippen molar-refractivity contribution in [2.75, 3.05) is 54.1 Å². The van der Waals surface area contributed by atoms with E-state index in [4.69, 9.17) is 18.5 Å². The molecule has 2 atom stereocenters. The van der Waals surface area contributed by atoms with E-state index in [0.29, 0.717) is 24.1 Å². The lowest BCUT2D eigenvalue weighted by Crippen LogP contribution is -2.37. The van der Waals surface area contributed by atoms with Crippen LogP contribution < -0.4 is 0 Å². The molecule has 0 radical (unpaired) electrons. The summed E-state index contributed by atoms with van der Waals surface area (Å²) in [4.78, 5) is 22.9. The summed E-state index contributed by atoms with van der Waals surface area (Å²) in [7, 11) is 1.67. The fourth-order valence-electron chi connectivity index (χ4n) is 6.41. The Kier molecular flexibility index (Phi) is 39.1. The van der Waals surface area contributed by atoms with Crippen LogP contribution in [0.2, 0.25) is 0 Å². The van der Waals surface area contributed by atoms with Gasteiger partial charge in [-0.3, -0.25) is 13.8 Å². The number of phosphoric acid groups is 1. The number of hydrogen-bond donors (Lipinski definition) is 1. The quantitative estimate of drug-likeness (QED) is 0.0216. The average molecular weight is 801 g/mol. The Morgan fingerprint density at radius 3 is 1.51 bits per heavy atom. The summed E-state index contributed by atoms with van der Waals surface area (Å²) in [6, 6.07) is 0. The lowest BCUT2D eigenvalue weighted by molar-refractivity contribution is -0.870. The fraction of sp³-hybridized carbons (Fsp3) is 0.891. The van der Waals surface area contributed by atoms with Gasteiger partial charge in [0.05, 0.1) is 34.4 Å². The highest BCUT2D eigenvalue weighted by Gasteiger charge is 2.26. The van der Waals surface area contributed by atoms with Crippen molar-refractivity contribution in [1.82, 2.24) is 0 Å². The number of carbonyl (C=O) groups is 1. The van der Waals surface area contributed by atoms with Gasteiger partial charge in [-0.05, 0) is 44.9 Å². The van der Waals surface area contributed by atoms with Crippen molar-refractivity contribution in [1.29, 1.82) is 0 Å². The predicted octanol–water partition coefficient (Wildman–Crippen LogP) is 13.6. The van der Waals surface area contributed by atoms with Gasteiger partial charge in [0.15, 0.2) is 0 Å². The molecule has 0 aromatic rings. The molecule has 8 nitrogen and oxygen atoms in total. The number of rotatable bonds is 43. The van der Waals surface area contributed by atoms with Crippen LogP contribution in [0, 0.1) is 0 Å². The van der Waals surface area contributed by atoms with Crippen LogP contribution in [0.1, 0.15) is 206 Å². The number of allylic oxidation sites excluding steroid dienone is 4. The fourth-order valence-corrected chi connectivity index (χ4v) is 7.15. The van der Waals surface area contributed by atoms with Crippen LogP contribution >= 0.6 is 7.82 Å². The van der Waals surface area contributed by atoms with E-state index in [1.54, 1.807) is 0 Å². The molecular weight excluding hydrogens is 709 g/mol. The van der Waals surface area contributed by atoms with Crippen molar-refractivity contribution in [3.8, 4) is 0 Å². The maximum Gasteiger partial charge on any atom is 0.472 e. The van der Waals surface area contributed by atoms with Gasteiger partial charge in [-0.1, -0.05) is 179 Å². The molecule has 0 saturated carbocycles. The number of likely N-dealkylation sites (N-methyl/N-ethyl adjacent to an activating group) is 1. The molecule has 0 saturated heterocycles. The number of nitrogens with zero attached hydrogens (tertiary/aromatic N) is 1. The van der Waals surface area contributed by atoms with Crippen LogP contribution in [0.4, 0.5) is 0 Å². The summed E-state index contributed by atoms with van der Waals surface area (Å²) in [6.45, 7) is 5.62. The van der Waals surface area contributed by atoms with Crippen LogP contribution in [-0.2, 0) is 27.9 Å². The van der Waals surface area contributed by atoms with Crippen LogP contribution in [0.25, 0.3) is 0 Å². The summed E-state index contributed by atoms with van der Waals surface area (Å²) in [5.41, 5.74) is 0. The number of carbonyl (C=O) groups excluding carboxylic acids is 1. The maximum atomic E-state index is 12.7. The lowest BCUT2D eigenvalue weighted by Gasteiger charge is -2.24. The van der Waals surface area contributed by atoms with Crippen LogP contribution in [0.15, 0.2) is 24.3 Å². The molecule has 0 aromatic heterocycles. The Balaban J connectivity index is 4.15. The summed E-state index contributed by atoms with van der Waals surface area (Å²) < 4.78 is 35.0. The molecule has 1 N–H and O–H groups in total. The highest BCUT2D eigenvalue weighted by molar-refractivity contribution is 7.47. The molecule has 0 amide bonds. The van der Waals surface area contributed by atoms with Gasteiger partial charge < -0.3 is 18.9 Å². The second kappa shape index (κ2) is 39.8. The number of esters is 1. The number of quaternary nitrogens is 1. The molecule has 0 aliphatic carbocycles. The third kappa shape index (κ3) is 43.9. The molecule has 0 bridgehead atoms. The van der Waals surface area contributed by atoms with E-state index >= 15 is 0 Å². The Bertz CT molecular complexity index is 936. The average Bonchev–Trinajstić information content (AvgIpc) is 3.13. The minimum atomic E-state index is -4.27. The standard InChI is InChI=1S/C46H90NO7P/c1-6-8-10-12-14-16-18-20-21-22-23-24-25-26-28-30-32-34-36-38-41-51-43-45(44-53-55(49,50)52-42-40-47(3,4)5)54-46(48)39-37-35-33-31-29-27-19-17-15-13-11-9-7-2/h14,16,20-21,45H,6-13,15,17-19,22-44H2,1-5H3/p+1/b16-14-,21-20-. The van der Waals surface area contributed by atoms with Gasteiger partial charge >= 0.3 is 13.8 Å². The minimum absolute atomic E-state index is 0.0901. The van der Waals surface area contributed by atoms with Crippen molar-refractivity contribution in [3.05, 3.63) is 24.3 Å². The van der Waals surface area contributed by atoms with Gasteiger partial charge in [-0.25, -0.2) is 4.57 Å². The molecule has 0 aliphatic rings. The van der Waals surface area contributed by atoms with Crippen molar-refractivity contribution in [2.45, 2.75) is 213 Å². The molecule has 55 heavy (non-hydrogen) atoms. The van der Waals surface area contributed by atoms with E-state index in [0.717, 1.165) is 38.5 Å². The topological polar surface area (TPSA) is 91.3 Å². The van der Waals surface area contributed by atoms with Crippen LogP contribution in [0.5, 0.6) is 0 Å². The molecule has 0 spiro atoms. The Hall–Kier alpha value is -1.02. The zero-order valence-corrected chi connectivity index (χ0v) is 37.8. The van der Waals surface area contributed by atoms with Gasteiger partial charge in [-0.15, -0.1) is 0 Å². The van der Waals surface area contributed by atoms with Gasteiger partial charge in [0.2, 0.25) is 0 Å². The number of ether oxygens (including phenoxy) is 2. The van der Waals surface area contributed by atoms with E-state index in [9.17, 15) is 14.3 Å². The maximum absolute atomic E-state index is 12.7.